The molecule has 2 aromatic heterocycles. The number of nitrogens with zero attached hydrogens (tertiary/aromatic N) is 3. The molecule has 4 rings (SSSR count). The Morgan fingerprint density at radius 2 is 2.03 bits per heavy atom. The first-order valence-electron chi connectivity index (χ1n) is 10.4. The lowest BCUT2D eigenvalue weighted by Gasteiger charge is -2.28. The number of carbonyl (C=O) groups excluding carboxylic acids is 2. The third-order valence-corrected chi connectivity index (χ3v) is 6.34. The molecule has 156 valence electrons. The summed E-state index contributed by atoms with van der Waals surface area (Å²) in [5.41, 5.74) is 3.50. The largest absolute Gasteiger partial charge is 0.469 e. The van der Waals surface area contributed by atoms with Crippen LogP contribution >= 0.6 is 0 Å². The summed E-state index contributed by atoms with van der Waals surface area (Å²) in [5, 5.41) is 14.7. The van der Waals surface area contributed by atoms with Gasteiger partial charge < -0.3 is 10.1 Å². The molecule has 2 N–H and O–H groups in total. The fraction of sp³-hybridized carbons (Fsp3) is 0.619. The number of anilines is 1. The van der Waals surface area contributed by atoms with Gasteiger partial charge in [0.05, 0.1) is 31.0 Å². The second-order valence-corrected chi connectivity index (χ2v) is 9.06. The predicted octanol–water partition coefficient (Wildman–Crippen LogP) is 3.28. The maximum absolute atomic E-state index is 12.8. The lowest BCUT2D eigenvalue weighted by atomic mass is 9.76. The first kappa shape index (κ1) is 19.7. The average molecular weight is 399 g/mol. The monoisotopic (exact) mass is 399 g/mol. The molecule has 2 aliphatic carbocycles. The van der Waals surface area contributed by atoms with Gasteiger partial charge in [-0.3, -0.25) is 19.4 Å². The number of rotatable bonds is 4. The van der Waals surface area contributed by atoms with Crippen molar-refractivity contribution in [1.29, 1.82) is 0 Å². The van der Waals surface area contributed by atoms with Crippen molar-refractivity contribution in [3.63, 3.8) is 0 Å². The third kappa shape index (κ3) is 4.06. The van der Waals surface area contributed by atoms with Gasteiger partial charge >= 0.3 is 5.97 Å². The van der Waals surface area contributed by atoms with Crippen molar-refractivity contribution in [2.75, 3.05) is 12.4 Å². The number of aromatic amines is 1. The van der Waals surface area contributed by atoms with E-state index in [9.17, 15) is 9.59 Å². The van der Waals surface area contributed by atoms with E-state index in [1.54, 1.807) is 6.20 Å². The molecule has 2 heterocycles. The Morgan fingerprint density at radius 1 is 1.28 bits per heavy atom. The second-order valence-electron chi connectivity index (χ2n) is 9.06. The van der Waals surface area contributed by atoms with Crippen molar-refractivity contribution in [3.8, 4) is 0 Å². The first-order valence-corrected chi connectivity index (χ1v) is 10.4. The van der Waals surface area contributed by atoms with E-state index in [-0.39, 0.29) is 29.3 Å². The van der Waals surface area contributed by atoms with Crippen LogP contribution < -0.4 is 5.32 Å². The number of methoxy groups -OCH3 is 1. The molecule has 1 saturated carbocycles. The fourth-order valence-electron chi connectivity index (χ4n) is 4.57. The van der Waals surface area contributed by atoms with E-state index in [0.717, 1.165) is 56.2 Å². The minimum Gasteiger partial charge on any atom is -0.469 e. The number of amides is 1. The molecule has 0 atom stereocenters. The van der Waals surface area contributed by atoms with Crippen molar-refractivity contribution < 1.29 is 14.3 Å². The molecule has 29 heavy (non-hydrogen) atoms. The van der Waals surface area contributed by atoms with Gasteiger partial charge in [0.2, 0.25) is 0 Å². The molecule has 8 heteroatoms. The number of nitrogens with one attached hydrogen (secondary N) is 2. The summed E-state index contributed by atoms with van der Waals surface area (Å²) in [7, 11) is 1.44. The quantitative estimate of drug-likeness (QED) is 0.768. The Morgan fingerprint density at radius 3 is 2.76 bits per heavy atom. The molecule has 8 nitrogen and oxygen atoms in total. The molecular weight excluding hydrogens is 370 g/mol. The maximum Gasteiger partial charge on any atom is 0.308 e. The lowest BCUT2D eigenvalue weighted by molar-refractivity contribution is -0.146. The molecule has 0 saturated heterocycles. The SMILES string of the molecule is COC(=O)[C@H]1CC[C@H](n2cc(NC(=O)c3n[nH]c4c3CCC(C)(C)C4)cn2)CC1. The molecular formula is C21H29N5O3. The van der Waals surface area contributed by atoms with Crippen LogP contribution in [-0.4, -0.2) is 39.0 Å². The van der Waals surface area contributed by atoms with Crippen LogP contribution in [0.25, 0.3) is 0 Å². The van der Waals surface area contributed by atoms with Crippen molar-refractivity contribution >= 4 is 17.6 Å². The molecule has 0 aromatic carbocycles. The van der Waals surface area contributed by atoms with E-state index in [4.69, 9.17) is 4.74 Å². The van der Waals surface area contributed by atoms with Crippen LogP contribution in [0.5, 0.6) is 0 Å². The maximum atomic E-state index is 12.8. The molecule has 0 radical (unpaired) electrons. The van der Waals surface area contributed by atoms with Crippen LogP contribution in [0.4, 0.5) is 5.69 Å². The number of ether oxygens (including phenoxy) is 1. The summed E-state index contributed by atoms with van der Waals surface area (Å²) in [6, 6.07) is 0.238. The van der Waals surface area contributed by atoms with Gasteiger partial charge in [0.1, 0.15) is 0 Å². The number of hydrogen-bond acceptors (Lipinski definition) is 5. The summed E-state index contributed by atoms with van der Waals surface area (Å²) in [6.07, 6.45) is 9.71. The Hall–Kier alpha value is -2.64. The van der Waals surface area contributed by atoms with Crippen LogP contribution in [0, 0.1) is 11.3 Å². The zero-order valence-corrected chi connectivity index (χ0v) is 17.3. The van der Waals surface area contributed by atoms with Gasteiger partial charge in [0.25, 0.3) is 5.91 Å². The van der Waals surface area contributed by atoms with Gasteiger partial charge in [-0.1, -0.05) is 13.8 Å². The van der Waals surface area contributed by atoms with E-state index in [1.165, 1.54) is 7.11 Å². The lowest BCUT2D eigenvalue weighted by Crippen LogP contribution is -2.24. The third-order valence-electron chi connectivity index (χ3n) is 6.34. The highest BCUT2D eigenvalue weighted by molar-refractivity contribution is 6.03. The minimum atomic E-state index is -0.198. The number of esters is 1. The highest BCUT2D eigenvalue weighted by atomic mass is 16.5. The number of hydrogen-bond donors (Lipinski definition) is 2. The highest BCUT2D eigenvalue weighted by Gasteiger charge is 2.31. The summed E-state index contributed by atoms with van der Waals surface area (Å²) in [4.78, 5) is 24.4. The predicted molar refractivity (Wildman–Crippen MR) is 108 cm³/mol. The van der Waals surface area contributed by atoms with Crippen LogP contribution in [0.2, 0.25) is 0 Å². The number of aromatic nitrogens is 4. The number of fused-ring (bicyclic) bond motifs is 1. The van der Waals surface area contributed by atoms with E-state index in [1.807, 2.05) is 10.9 Å². The van der Waals surface area contributed by atoms with Crippen LogP contribution in [0.3, 0.4) is 0 Å². The molecule has 0 bridgehead atoms. The zero-order valence-electron chi connectivity index (χ0n) is 17.3. The summed E-state index contributed by atoms with van der Waals surface area (Å²) < 4.78 is 6.74. The molecule has 1 fully saturated rings. The average Bonchev–Trinajstić information content (AvgIpc) is 3.33. The van der Waals surface area contributed by atoms with E-state index < -0.39 is 0 Å². The van der Waals surface area contributed by atoms with Gasteiger partial charge in [0.15, 0.2) is 5.69 Å². The van der Waals surface area contributed by atoms with Gasteiger partial charge in [-0.2, -0.15) is 10.2 Å². The van der Waals surface area contributed by atoms with Crippen molar-refractivity contribution in [2.24, 2.45) is 11.3 Å². The topological polar surface area (TPSA) is 102 Å². The smallest absolute Gasteiger partial charge is 0.308 e. The van der Waals surface area contributed by atoms with Crippen LogP contribution in [0.15, 0.2) is 12.4 Å². The molecule has 0 spiro atoms. The van der Waals surface area contributed by atoms with Gasteiger partial charge in [-0.25, -0.2) is 0 Å². The summed E-state index contributed by atoms with van der Waals surface area (Å²) in [5.74, 6) is -0.333. The molecule has 0 aliphatic heterocycles. The standard InChI is InChI=1S/C21H29N5O3/c1-21(2)9-8-16-17(10-21)24-25-18(16)19(27)23-14-11-22-26(12-14)15-6-4-13(5-7-15)20(28)29-3/h11-13,15H,4-10H2,1-3H3,(H,23,27)(H,24,25)/t13-,15-. The van der Waals surface area contributed by atoms with Gasteiger partial charge in [-0.15, -0.1) is 0 Å². The summed E-state index contributed by atoms with van der Waals surface area (Å²) in [6.45, 7) is 4.48. The van der Waals surface area contributed by atoms with Crippen molar-refractivity contribution in [1.82, 2.24) is 20.0 Å². The first-order chi connectivity index (χ1) is 13.9. The molecule has 1 amide bonds. The number of carbonyl (C=O) groups is 2. The Kier molecular flexibility index (Phi) is 5.19. The van der Waals surface area contributed by atoms with Gasteiger partial charge in [0, 0.05) is 17.5 Å². The Bertz CT molecular complexity index is 905. The van der Waals surface area contributed by atoms with Crippen molar-refractivity contribution in [2.45, 2.75) is 64.8 Å². The Balaban J connectivity index is 1.38. The minimum absolute atomic E-state index is 0.0122. The van der Waals surface area contributed by atoms with Crippen LogP contribution in [-0.2, 0) is 22.4 Å². The molecule has 2 aliphatic rings. The van der Waals surface area contributed by atoms with E-state index in [2.05, 4.69) is 34.5 Å². The second kappa shape index (κ2) is 7.65. The molecule has 0 unspecified atom stereocenters. The van der Waals surface area contributed by atoms with E-state index in [0.29, 0.717) is 11.4 Å². The van der Waals surface area contributed by atoms with Crippen molar-refractivity contribution in [3.05, 3.63) is 29.3 Å². The molecule has 2 aromatic rings. The van der Waals surface area contributed by atoms with Crippen LogP contribution in [0.1, 0.15) is 73.7 Å². The number of H-pyrrole nitrogens is 1. The highest BCUT2D eigenvalue weighted by Crippen LogP contribution is 2.35. The van der Waals surface area contributed by atoms with E-state index >= 15 is 0 Å². The zero-order chi connectivity index (χ0) is 20.6. The van der Waals surface area contributed by atoms with Gasteiger partial charge in [-0.05, 0) is 50.4 Å². The Labute approximate surface area is 170 Å². The fourth-order valence-corrected chi connectivity index (χ4v) is 4.57. The normalized spacial score (nSPS) is 23.3. The summed E-state index contributed by atoms with van der Waals surface area (Å²) >= 11 is 0.